The second kappa shape index (κ2) is 4.40. The normalized spacial score (nSPS) is 16.2. The first-order valence-corrected chi connectivity index (χ1v) is 3.33. The third kappa shape index (κ3) is 3.16. The Morgan fingerprint density at radius 3 is 2.56 bits per heavy atom. The smallest absolute Gasteiger partial charge is 0.0572 e. The Bertz CT molecular complexity index is 102. The van der Waals surface area contributed by atoms with Crippen molar-refractivity contribution >= 4 is 0 Å². The van der Waals surface area contributed by atoms with Gasteiger partial charge in [0.15, 0.2) is 0 Å². The van der Waals surface area contributed by atoms with Gasteiger partial charge in [-0.2, -0.15) is 0 Å². The molecule has 0 aromatic carbocycles. The second-order valence-electron chi connectivity index (χ2n) is 2.36. The van der Waals surface area contributed by atoms with Gasteiger partial charge in [-0.15, -0.1) is 12.3 Å². The Labute approximate surface area is 57.1 Å². The highest BCUT2D eigenvalue weighted by molar-refractivity contribution is 4.87. The van der Waals surface area contributed by atoms with Crippen molar-refractivity contribution in [3.63, 3.8) is 0 Å². The number of hydrogen-bond acceptors (Lipinski definition) is 1. The van der Waals surface area contributed by atoms with Crippen LogP contribution in [0.15, 0.2) is 0 Å². The number of aliphatic hydroxyl groups excluding tert-OH is 1. The minimum absolute atomic E-state index is 0.221. The molecular weight excluding hydrogens is 112 g/mol. The van der Waals surface area contributed by atoms with Crippen LogP contribution in [0.1, 0.15) is 26.7 Å². The van der Waals surface area contributed by atoms with E-state index in [1.165, 1.54) is 0 Å². The van der Waals surface area contributed by atoms with Gasteiger partial charge in [0.1, 0.15) is 0 Å². The minimum atomic E-state index is -0.221. The Morgan fingerprint density at radius 1 is 1.67 bits per heavy atom. The van der Waals surface area contributed by atoms with E-state index in [2.05, 4.69) is 5.92 Å². The maximum absolute atomic E-state index is 9.16. The highest BCUT2D eigenvalue weighted by Crippen LogP contribution is 2.09. The van der Waals surface area contributed by atoms with Crippen molar-refractivity contribution in [2.24, 2.45) is 5.92 Å². The van der Waals surface area contributed by atoms with E-state index in [1.54, 1.807) is 0 Å². The first-order valence-electron chi connectivity index (χ1n) is 3.33. The molecule has 9 heavy (non-hydrogen) atoms. The van der Waals surface area contributed by atoms with Crippen molar-refractivity contribution in [2.45, 2.75) is 32.8 Å². The van der Waals surface area contributed by atoms with Crippen molar-refractivity contribution in [2.75, 3.05) is 0 Å². The van der Waals surface area contributed by atoms with Crippen LogP contribution in [-0.2, 0) is 0 Å². The zero-order chi connectivity index (χ0) is 7.28. The molecule has 0 aliphatic heterocycles. The van der Waals surface area contributed by atoms with Crippen LogP contribution in [0.4, 0.5) is 0 Å². The Kier molecular flexibility index (Phi) is 4.17. The summed E-state index contributed by atoms with van der Waals surface area (Å²) in [5, 5.41) is 9.16. The molecule has 0 aromatic rings. The standard InChI is InChI=1S/C8H14O/c1-4-6-7(3)8(9)5-2/h1,7-9H,5-6H2,2-3H3. The zero-order valence-electron chi connectivity index (χ0n) is 6.09. The van der Waals surface area contributed by atoms with Crippen LogP contribution in [0.25, 0.3) is 0 Å². The van der Waals surface area contributed by atoms with Gasteiger partial charge in [0, 0.05) is 6.42 Å². The first kappa shape index (κ1) is 8.52. The van der Waals surface area contributed by atoms with Crippen molar-refractivity contribution in [1.82, 2.24) is 0 Å². The molecule has 52 valence electrons. The molecule has 0 aromatic heterocycles. The van der Waals surface area contributed by atoms with Gasteiger partial charge in [-0.25, -0.2) is 0 Å². The molecule has 0 heterocycles. The van der Waals surface area contributed by atoms with Crippen LogP contribution in [0.5, 0.6) is 0 Å². The summed E-state index contributed by atoms with van der Waals surface area (Å²) in [6.07, 6.45) is 6.31. The average Bonchev–Trinajstić information content (AvgIpc) is 1.87. The lowest BCUT2D eigenvalue weighted by Gasteiger charge is -2.13. The van der Waals surface area contributed by atoms with Gasteiger partial charge in [0.25, 0.3) is 0 Å². The van der Waals surface area contributed by atoms with Crippen LogP contribution in [-0.4, -0.2) is 11.2 Å². The lowest BCUT2D eigenvalue weighted by atomic mass is 10.00. The Morgan fingerprint density at radius 2 is 2.22 bits per heavy atom. The minimum Gasteiger partial charge on any atom is -0.393 e. The van der Waals surface area contributed by atoms with Crippen molar-refractivity contribution in [1.29, 1.82) is 0 Å². The van der Waals surface area contributed by atoms with E-state index in [0.29, 0.717) is 6.42 Å². The predicted octanol–water partition coefficient (Wildman–Crippen LogP) is 1.42. The van der Waals surface area contributed by atoms with Gasteiger partial charge in [-0.3, -0.25) is 0 Å². The highest BCUT2D eigenvalue weighted by Gasteiger charge is 2.09. The molecule has 2 unspecified atom stereocenters. The van der Waals surface area contributed by atoms with E-state index < -0.39 is 0 Å². The zero-order valence-corrected chi connectivity index (χ0v) is 6.09. The second-order valence-corrected chi connectivity index (χ2v) is 2.36. The van der Waals surface area contributed by atoms with Crippen LogP contribution in [0, 0.1) is 18.3 Å². The summed E-state index contributed by atoms with van der Waals surface area (Å²) >= 11 is 0. The fourth-order valence-electron chi connectivity index (χ4n) is 0.724. The molecule has 1 heteroatoms. The third-order valence-electron chi connectivity index (χ3n) is 1.51. The molecule has 0 spiro atoms. The van der Waals surface area contributed by atoms with Crippen LogP contribution < -0.4 is 0 Å². The molecule has 0 bridgehead atoms. The van der Waals surface area contributed by atoms with E-state index in [-0.39, 0.29) is 12.0 Å². The van der Waals surface area contributed by atoms with Crippen LogP contribution in [0.2, 0.25) is 0 Å². The average molecular weight is 126 g/mol. The van der Waals surface area contributed by atoms with Crippen molar-refractivity contribution in [3.05, 3.63) is 0 Å². The summed E-state index contributed by atoms with van der Waals surface area (Å²) < 4.78 is 0. The highest BCUT2D eigenvalue weighted by atomic mass is 16.3. The molecule has 0 saturated carbocycles. The van der Waals surface area contributed by atoms with E-state index in [0.717, 1.165) is 6.42 Å². The molecule has 2 atom stereocenters. The lowest BCUT2D eigenvalue weighted by Crippen LogP contribution is -2.15. The molecule has 1 nitrogen and oxygen atoms in total. The number of rotatable bonds is 3. The fraction of sp³-hybridized carbons (Fsp3) is 0.750. The quantitative estimate of drug-likeness (QED) is 0.567. The molecule has 0 rings (SSSR count). The van der Waals surface area contributed by atoms with E-state index in [1.807, 2.05) is 13.8 Å². The summed E-state index contributed by atoms with van der Waals surface area (Å²) in [6, 6.07) is 0. The topological polar surface area (TPSA) is 20.2 Å². The Hall–Kier alpha value is -0.480. The molecular formula is C8H14O. The largest absolute Gasteiger partial charge is 0.393 e. The van der Waals surface area contributed by atoms with Gasteiger partial charge in [0.2, 0.25) is 0 Å². The third-order valence-corrected chi connectivity index (χ3v) is 1.51. The SMILES string of the molecule is C#CCC(C)C(O)CC. The monoisotopic (exact) mass is 126 g/mol. The van der Waals surface area contributed by atoms with E-state index in [9.17, 15) is 0 Å². The molecule has 0 fully saturated rings. The number of terminal acetylenes is 1. The lowest BCUT2D eigenvalue weighted by molar-refractivity contribution is 0.115. The van der Waals surface area contributed by atoms with E-state index >= 15 is 0 Å². The molecule has 0 aliphatic carbocycles. The van der Waals surface area contributed by atoms with Crippen molar-refractivity contribution in [3.8, 4) is 12.3 Å². The van der Waals surface area contributed by atoms with Crippen LogP contribution >= 0.6 is 0 Å². The molecule has 1 N–H and O–H groups in total. The summed E-state index contributed by atoms with van der Waals surface area (Å²) in [4.78, 5) is 0. The maximum atomic E-state index is 9.16. The predicted molar refractivity (Wildman–Crippen MR) is 38.9 cm³/mol. The van der Waals surface area contributed by atoms with Gasteiger partial charge in [0.05, 0.1) is 6.10 Å². The first-order chi connectivity index (χ1) is 4.22. The summed E-state index contributed by atoms with van der Waals surface area (Å²) in [5.74, 6) is 2.77. The van der Waals surface area contributed by atoms with Gasteiger partial charge >= 0.3 is 0 Å². The number of hydrogen-bond donors (Lipinski definition) is 1. The van der Waals surface area contributed by atoms with Gasteiger partial charge in [-0.1, -0.05) is 13.8 Å². The van der Waals surface area contributed by atoms with E-state index in [4.69, 9.17) is 11.5 Å². The summed E-state index contributed by atoms with van der Waals surface area (Å²) in [7, 11) is 0. The van der Waals surface area contributed by atoms with Crippen LogP contribution in [0.3, 0.4) is 0 Å². The number of aliphatic hydroxyl groups is 1. The molecule has 0 radical (unpaired) electrons. The molecule has 0 aliphatic rings. The van der Waals surface area contributed by atoms with Gasteiger partial charge in [-0.05, 0) is 12.3 Å². The summed E-state index contributed by atoms with van der Waals surface area (Å²) in [6.45, 7) is 3.92. The molecule has 0 amide bonds. The Balaban J connectivity index is 3.48. The summed E-state index contributed by atoms with van der Waals surface area (Å²) in [5.41, 5.74) is 0. The maximum Gasteiger partial charge on any atom is 0.0572 e. The van der Waals surface area contributed by atoms with Gasteiger partial charge < -0.3 is 5.11 Å². The van der Waals surface area contributed by atoms with Crippen molar-refractivity contribution < 1.29 is 5.11 Å². The molecule has 0 saturated heterocycles. The fourth-order valence-corrected chi connectivity index (χ4v) is 0.724.